The fraction of sp³-hybridized carbons (Fsp3) is 0.688. The lowest BCUT2D eigenvalue weighted by atomic mass is 10.1. The molecule has 1 fully saturated rings. The topological polar surface area (TPSA) is 74.3 Å². The molecule has 2 N–H and O–H groups in total. The largest absolute Gasteiger partial charge is 0.353 e. The summed E-state index contributed by atoms with van der Waals surface area (Å²) >= 11 is 1.60. The Morgan fingerprint density at radius 3 is 2.83 bits per heavy atom. The van der Waals surface area contributed by atoms with E-state index in [0.29, 0.717) is 19.0 Å². The first-order valence-corrected chi connectivity index (χ1v) is 8.89. The predicted octanol–water partition coefficient (Wildman–Crippen LogP) is 1.22. The summed E-state index contributed by atoms with van der Waals surface area (Å²) in [6.07, 6.45) is 0.196. The Bertz CT molecular complexity index is 551. The van der Waals surface area contributed by atoms with E-state index in [1.54, 1.807) is 11.3 Å². The van der Waals surface area contributed by atoms with Gasteiger partial charge in [-0.2, -0.15) is 0 Å². The number of aryl methyl sites for hydroxylation is 2. The summed E-state index contributed by atoms with van der Waals surface area (Å²) in [6.45, 7) is 10.9. The van der Waals surface area contributed by atoms with Crippen molar-refractivity contribution in [2.24, 2.45) is 5.92 Å². The zero-order chi connectivity index (χ0) is 17.0. The van der Waals surface area contributed by atoms with Crippen LogP contribution in [0.15, 0.2) is 0 Å². The molecule has 1 aliphatic rings. The van der Waals surface area contributed by atoms with Gasteiger partial charge in [-0.15, -0.1) is 11.3 Å². The summed E-state index contributed by atoms with van der Waals surface area (Å²) in [5.74, 6) is 0.312. The Labute approximate surface area is 141 Å². The third kappa shape index (κ3) is 5.00. The minimum absolute atomic E-state index is 0.0482. The summed E-state index contributed by atoms with van der Waals surface area (Å²) in [6, 6.07) is -0.370. The van der Waals surface area contributed by atoms with Crippen molar-refractivity contribution in [2.45, 2.75) is 46.7 Å². The molecule has 0 bridgehead atoms. The highest BCUT2D eigenvalue weighted by Gasteiger charge is 2.31. The second-order valence-corrected chi connectivity index (χ2v) is 7.71. The molecule has 1 atom stereocenters. The molecular weight excluding hydrogens is 312 g/mol. The maximum Gasteiger partial charge on any atom is 0.237 e. The Morgan fingerprint density at radius 2 is 2.22 bits per heavy atom. The molecule has 0 saturated carbocycles. The minimum Gasteiger partial charge on any atom is -0.353 e. The van der Waals surface area contributed by atoms with Crippen molar-refractivity contribution in [3.8, 4) is 0 Å². The lowest BCUT2D eigenvalue weighted by Gasteiger charge is -2.35. The Balaban J connectivity index is 1.89. The van der Waals surface area contributed by atoms with Gasteiger partial charge in [0, 0.05) is 24.5 Å². The Hall–Kier alpha value is -1.47. The quantitative estimate of drug-likeness (QED) is 0.818. The van der Waals surface area contributed by atoms with Gasteiger partial charge in [0.2, 0.25) is 11.8 Å². The number of carbonyl (C=O) groups is 2. The fourth-order valence-electron chi connectivity index (χ4n) is 2.71. The highest BCUT2D eigenvalue weighted by atomic mass is 32.1. The van der Waals surface area contributed by atoms with Crippen LogP contribution in [0.2, 0.25) is 0 Å². The number of rotatable bonds is 6. The lowest BCUT2D eigenvalue weighted by Crippen LogP contribution is -2.57. The molecule has 2 rings (SSSR count). The fourth-order valence-corrected chi connectivity index (χ4v) is 3.58. The van der Waals surface area contributed by atoms with Gasteiger partial charge in [-0.25, -0.2) is 4.98 Å². The van der Waals surface area contributed by atoms with E-state index in [2.05, 4.69) is 34.4 Å². The van der Waals surface area contributed by atoms with Crippen LogP contribution in [-0.2, 0) is 16.1 Å². The van der Waals surface area contributed by atoms with E-state index in [-0.39, 0.29) is 24.3 Å². The van der Waals surface area contributed by atoms with Gasteiger partial charge in [0.15, 0.2) is 0 Å². The van der Waals surface area contributed by atoms with Crippen LogP contribution in [-0.4, -0.2) is 47.4 Å². The predicted molar refractivity (Wildman–Crippen MR) is 91.3 cm³/mol. The van der Waals surface area contributed by atoms with E-state index < -0.39 is 0 Å². The normalized spacial score (nSPS) is 19.0. The molecule has 0 aromatic carbocycles. The van der Waals surface area contributed by atoms with E-state index >= 15 is 0 Å². The van der Waals surface area contributed by atoms with Crippen LogP contribution < -0.4 is 10.6 Å². The van der Waals surface area contributed by atoms with Crippen molar-refractivity contribution in [3.05, 3.63) is 15.6 Å². The SMILES string of the molecule is Cc1nc(CNC(=O)CC2C(=O)NCCN2CC(C)C)sc1C. The number of hydrogen-bond acceptors (Lipinski definition) is 5. The van der Waals surface area contributed by atoms with E-state index in [4.69, 9.17) is 0 Å². The number of amides is 2. The van der Waals surface area contributed by atoms with Crippen LogP contribution in [0, 0.1) is 19.8 Å². The zero-order valence-corrected chi connectivity index (χ0v) is 15.1. The highest BCUT2D eigenvalue weighted by Crippen LogP contribution is 2.16. The van der Waals surface area contributed by atoms with Gasteiger partial charge in [0.05, 0.1) is 24.7 Å². The van der Waals surface area contributed by atoms with Crippen molar-refractivity contribution in [2.75, 3.05) is 19.6 Å². The molecule has 1 unspecified atom stereocenters. The number of aromatic nitrogens is 1. The van der Waals surface area contributed by atoms with E-state index in [1.807, 2.05) is 13.8 Å². The monoisotopic (exact) mass is 338 g/mol. The number of hydrogen-bond donors (Lipinski definition) is 2. The smallest absolute Gasteiger partial charge is 0.237 e. The number of thiazole rings is 1. The molecule has 1 aliphatic heterocycles. The summed E-state index contributed by atoms with van der Waals surface area (Å²) in [4.78, 5) is 32.0. The van der Waals surface area contributed by atoms with Gasteiger partial charge in [-0.3, -0.25) is 14.5 Å². The first kappa shape index (κ1) is 17.9. The van der Waals surface area contributed by atoms with Crippen LogP contribution >= 0.6 is 11.3 Å². The van der Waals surface area contributed by atoms with Crippen LogP contribution in [0.4, 0.5) is 0 Å². The average molecular weight is 338 g/mol. The summed E-state index contributed by atoms with van der Waals surface area (Å²) in [7, 11) is 0. The molecule has 2 amide bonds. The van der Waals surface area contributed by atoms with Gasteiger partial charge < -0.3 is 10.6 Å². The molecule has 7 heteroatoms. The van der Waals surface area contributed by atoms with Gasteiger partial charge in [-0.1, -0.05) is 13.8 Å². The van der Waals surface area contributed by atoms with Crippen LogP contribution in [0.1, 0.15) is 35.8 Å². The van der Waals surface area contributed by atoms with Crippen molar-refractivity contribution in [1.82, 2.24) is 20.5 Å². The molecule has 0 spiro atoms. The molecule has 23 heavy (non-hydrogen) atoms. The van der Waals surface area contributed by atoms with Crippen molar-refractivity contribution >= 4 is 23.2 Å². The Kier molecular flexibility index (Phi) is 6.12. The molecular formula is C16H26N4O2S. The molecule has 6 nitrogen and oxygen atoms in total. The summed E-state index contributed by atoms with van der Waals surface area (Å²) in [5.41, 5.74) is 1.01. The third-order valence-electron chi connectivity index (χ3n) is 3.93. The highest BCUT2D eigenvalue weighted by molar-refractivity contribution is 7.11. The molecule has 2 heterocycles. The van der Waals surface area contributed by atoms with Crippen molar-refractivity contribution in [3.63, 3.8) is 0 Å². The molecule has 0 radical (unpaired) electrons. The van der Waals surface area contributed by atoms with Gasteiger partial charge in [-0.05, 0) is 19.8 Å². The van der Waals surface area contributed by atoms with Crippen LogP contribution in [0.25, 0.3) is 0 Å². The Morgan fingerprint density at radius 1 is 1.48 bits per heavy atom. The minimum atomic E-state index is -0.370. The molecule has 0 aliphatic carbocycles. The van der Waals surface area contributed by atoms with Gasteiger partial charge in [0.1, 0.15) is 5.01 Å². The number of piperazine rings is 1. The van der Waals surface area contributed by atoms with E-state index in [0.717, 1.165) is 23.8 Å². The summed E-state index contributed by atoms with van der Waals surface area (Å²) < 4.78 is 0. The number of nitrogens with zero attached hydrogens (tertiary/aromatic N) is 2. The standard InChI is InChI=1S/C16H26N4O2S/c1-10(2)9-20-6-5-17-16(22)13(20)7-14(21)18-8-15-19-11(3)12(4)23-15/h10,13H,5-9H2,1-4H3,(H,17,22)(H,18,21). The van der Waals surface area contributed by atoms with Crippen molar-refractivity contribution < 1.29 is 9.59 Å². The molecule has 1 aromatic rings. The zero-order valence-electron chi connectivity index (χ0n) is 14.3. The molecule has 1 saturated heterocycles. The van der Waals surface area contributed by atoms with E-state index in [9.17, 15) is 9.59 Å². The summed E-state index contributed by atoms with van der Waals surface area (Å²) in [5, 5.41) is 6.64. The number of nitrogens with one attached hydrogen (secondary N) is 2. The first-order chi connectivity index (χ1) is 10.9. The third-order valence-corrected chi connectivity index (χ3v) is 5.00. The van der Waals surface area contributed by atoms with Crippen molar-refractivity contribution in [1.29, 1.82) is 0 Å². The number of carbonyl (C=O) groups excluding carboxylic acids is 2. The second-order valence-electron chi connectivity index (χ2n) is 6.43. The van der Waals surface area contributed by atoms with Gasteiger partial charge >= 0.3 is 0 Å². The maximum absolute atomic E-state index is 12.2. The lowest BCUT2D eigenvalue weighted by molar-refractivity contribution is -0.134. The van der Waals surface area contributed by atoms with Gasteiger partial charge in [0.25, 0.3) is 0 Å². The molecule has 128 valence electrons. The second kappa shape index (κ2) is 7.88. The first-order valence-electron chi connectivity index (χ1n) is 8.08. The average Bonchev–Trinajstić information content (AvgIpc) is 2.79. The van der Waals surface area contributed by atoms with E-state index in [1.165, 1.54) is 4.88 Å². The van der Waals surface area contributed by atoms with Crippen LogP contribution in [0.3, 0.4) is 0 Å². The molecule has 1 aromatic heterocycles. The maximum atomic E-state index is 12.2. The van der Waals surface area contributed by atoms with Crippen LogP contribution in [0.5, 0.6) is 0 Å².